The Bertz CT molecular complexity index is 608. The smallest absolute Gasteiger partial charge is 0.338 e. The zero-order valence-electron chi connectivity index (χ0n) is 11.3. The Hall–Kier alpha value is -2.82. The molecule has 0 aliphatic heterocycles. The maximum atomic E-state index is 11.9. The van der Waals surface area contributed by atoms with Crippen LogP contribution in [0.4, 0.5) is 5.69 Å². The number of carbonyl (C=O) groups excluding carboxylic acids is 1. The highest BCUT2D eigenvalue weighted by Gasteiger charge is 2.07. The standard InChI is InChI=1S/C16H15NO4/c18-15(19)10-17-14-8-6-13(7-9-14)16(20)21-11-12-4-2-1-3-5-12/h1-9,17H,10-11H2,(H,18,19). The summed E-state index contributed by atoms with van der Waals surface area (Å²) in [6.07, 6.45) is 0. The van der Waals surface area contributed by atoms with Gasteiger partial charge in [-0.1, -0.05) is 30.3 Å². The highest BCUT2D eigenvalue weighted by molar-refractivity contribution is 5.89. The lowest BCUT2D eigenvalue weighted by Gasteiger charge is -2.06. The summed E-state index contributed by atoms with van der Waals surface area (Å²) in [5, 5.41) is 11.3. The molecule has 0 saturated heterocycles. The second kappa shape index (κ2) is 7.09. The van der Waals surface area contributed by atoms with E-state index in [9.17, 15) is 9.59 Å². The second-order valence-corrected chi connectivity index (χ2v) is 4.39. The van der Waals surface area contributed by atoms with E-state index >= 15 is 0 Å². The Labute approximate surface area is 122 Å². The van der Waals surface area contributed by atoms with Crippen LogP contribution in [-0.2, 0) is 16.1 Å². The van der Waals surface area contributed by atoms with E-state index in [2.05, 4.69) is 5.32 Å². The topological polar surface area (TPSA) is 75.6 Å². The lowest BCUT2D eigenvalue weighted by molar-refractivity contribution is -0.134. The molecule has 5 nitrogen and oxygen atoms in total. The molecule has 2 N–H and O–H groups in total. The average Bonchev–Trinajstić information content (AvgIpc) is 2.52. The molecule has 0 aliphatic carbocycles. The summed E-state index contributed by atoms with van der Waals surface area (Å²) in [5.74, 6) is -1.36. The highest BCUT2D eigenvalue weighted by Crippen LogP contribution is 2.11. The lowest BCUT2D eigenvalue weighted by Crippen LogP contribution is -2.12. The number of carboxylic acid groups (broad SMARTS) is 1. The van der Waals surface area contributed by atoms with Gasteiger partial charge in [-0.3, -0.25) is 4.79 Å². The van der Waals surface area contributed by atoms with Crippen molar-refractivity contribution in [3.8, 4) is 0 Å². The average molecular weight is 285 g/mol. The predicted molar refractivity (Wildman–Crippen MR) is 78.1 cm³/mol. The van der Waals surface area contributed by atoms with Crippen LogP contribution in [0.25, 0.3) is 0 Å². The highest BCUT2D eigenvalue weighted by atomic mass is 16.5. The number of ether oxygens (including phenoxy) is 1. The lowest BCUT2D eigenvalue weighted by atomic mass is 10.2. The number of hydrogen-bond acceptors (Lipinski definition) is 4. The van der Waals surface area contributed by atoms with Crippen LogP contribution in [0.2, 0.25) is 0 Å². The Balaban J connectivity index is 1.89. The summed E-state index contributed by atoms with van der Waals surface area (Å²) < 4.78 is 5.20. The number of carboxylic acids is 1. The molecule has 2 aromatic rings. The van der Waals surface area contributed by atoms with Crippen molar-refractivity contribution in [3.05, 3.63) is 65.7 Å². The van der Waals surface area contributed by atoms with Gasteiger partial charge in [0.05, 0.1) is 5.56 Å². The van der Waals surface area contributed by atoms with E-state index in [-0.39, 0.29) is 13.2 Å². The third-order valence-electron chi connectivity index (χ3n) is 2.78. The quantitative estimate of drug-likeness (QED) is 0.798. The molecule has 0 heterocycles. The first-order valence-electron chi connectivity index (χ1n) is 6.42. The molecule has 0 atom stereocenters. The first kappa shape index (κ1) is 14.6. The molecule has 0 fully saturated rings. The van der Waals surface area contributed by atoms with Crippen molar-refractivity contribution in [1.29, 1.82) is 0 Å². The minimum atomic E-state index is -0.943. The van der Waals surface area contributed by atoms with Gasteiger partial charge in [0.2, 0.25) is 0 Å². The third kappa shape index (κ3) is 4.65. The molecule has 0 bridgehead atoms. The number of nitrogens with one attached hydrogen (secondary N) is 1. The van der Waals surface area contributed by atoms with E-state index in [0.717, 1.165) is 5.56 Å². The van der Waals surface area contributed by atoms with Gasteiger partial charge in [0.15, 0.2) is 0 Å². The summed E-state index contributed by atoms with van der Waals surface area (Å²) in [7, 11) is 0. The fourth-order valence-corrected chi connectivity index (χ4v) is 1.71. The van der Waals surface area contributed by atoms with E-state index in [1.165, 1.54) is 0 Å². The number of anilines is 1. The molecule has 2 aromatic carbocycles. The summed E-state index contributed by atoms with van der Waals surface area (Å²) in [5.41, 5.74) is 1.98. The molecule has 0 unspecified atom stereocenters. The summed E-state index contributed by atoms with van der Waals surface area (Å²) in [4.78, 5) is 22.3. The minimum Gasteiger partial charge on any atom is -0.480 e. The number of carbonyl (C=O) groups is 2. The van der Waals surface area contributed by atoms with Crippen LogP contribution in [0.1, 0.15) is 15.9 Å². The van der Waals surface area contributed by atoms with Crippen molar-refractivity contribution < 1.29 is 19.4 Å². The second-order valence-electron chi connectivity index (χ2n) is 4.39. The van der Waals surface area contributed by atoms with Crippen LogP contribution in [0.15, 0.2) is 54.6 Å². The van der Waals surface area contributed by atoms with Gasteiger partial charge in [0.25, 0.3) is 0 Å². The van der Waals surface area contributed by atoms with Crippen LogP contribution in [0.3, 0.4) is 0 Å². The van der Waals surface area contributed by atoms with E-state index in [1.807, 2.05) is 30.3 Å². The van der Waals surface area contributed by atoms with Crippen LogP contribution in [0.5, 0.6) is 0 Å². The van der Waals surface area contributed by atoms with Gasteiger partial charge < -0.3 is 15.2 Å². The van der Waals surface area contributed by atoms with Gasteiger partial charge in [-0.15, -0.1) is 0 Å². The van der Waals surface area contributed by atoms with Gasteiger partial charge in [0.1, 0.15) is 13.2 Å². The molecule has 0 aliphatic rings. The molecule has 108 valence electrons. The number of esters is 1. The first-order valence-corrected chi connectivity index (χ1v) is 6.42. The molecule has 2 rings (SSSR count). The van der Waals surface area contributed by atoms with Crippen LogP contribution >= 0.6 is 0 Å². The SMILES string of the molecule is O=C(O)CNc1ccc(C(=O)OCc2ccccc2)cc1. The molecular formula is C16H15NO4. The number of rotatable bonds is 6. The van der Waals surface area contributed by atoms with Crippen molar-refractivity contribution in [2.24, 2.45) is 0 Å². The maximum absolute atomic E-state index is 11.9. The summed E-state index contributed by atoms with van der Waals surface area (Å²) >= 11 is 0. The van der Waals surface area contributed by atoms with Crippen LogP contribution in [-0.4, -0.2) is 23.6 Å². The monoisotopic (exact) mass is 285 g/mol. The van der Waals surface area contributed by atoms with Crippen molar-refractivity contribution in [1.82, 2.24) is 0 Å². The third-order valence-corrected chi connectivity index (χ3v) is 2.78. The largest absolute Gasteiger partial charge is 0.480 e. The fraction of sp³-hybridized carbons (Fsp3) is 0.125. The molecule has 0 amide bonds. The van der Waals surface area contributed by atoms with E-state index in [1.54, 1.807) is 24.3 Å². The van der Waals surface area contributed by atoms with Crippen molar-refractivity contribution >= 4 is 17.6 Å². The zero-order chi connectivity index (χ0) is 15.1. The van der Waals surface area contributed by atoms with Gasteiger partial charge in [0, 0.05) is 5.69 Å². The van der Waals surface area contributed by atoms with E-state index in [4.69, 9.17) is 9.84 Å². The Morgan fingerprint density at radius 1 is 1.00 bits per heavy atom. The van der Waals surface area contributed by atoms with E-state index in [0.29, 0.717) is 11.3 Å². The predicted octanol–water partition coefficient (Wildman–Crippen LogP) is 2.54. The number of aliphatic carboxylic acids is 1. The van der Waals surface area contributed by atoms with E-state index < -0.39 is 11.9 Å². The van der Waals surface area contributed by atoms with Gasteiger partial charge in [-0.2, -0.15) is 0 Å². The van der Waals surface area contributed by atoms with Crippen LogP contribution in [0, 0.1) is 0 Å². The Morgan fingerprint density at radius 2 is 1.67 bits per heavy atom. The minimum absolute atomic E-state index is 0.169. The molecule has 0 radical (unpaired) electrons. The maximum Gasteiger partial charge on any atom is 0.338 e. The Kier molecular flexibility index (Phi) is 4.93. The van der Waals surface area contributed by atoms with Crippen molar-refractivity contribution in [2.75, 3.05) is 11.9 Å². The van der Waals surface area contributed by atoms with Gasteiger partial charge in [-0.25, -0.2) is 4.79 Å². The van der Waals surface area contributed by atoms with Crippen LogP contribution < -0.4 is 5.32 Å². The number of benzene rings is 2. The summed E-state index contributed by atoms with van der Waals surface area (Å²) in [6, 6.07) is 15.9. The molecule has 21 heavy (non-hydrogen) atoms. The number of hydrogen-bond donors (Lipinski definition) is 2. The molecule has 0 saturated carbocycles. The molecule has 0 spiro atoms. The van der Waals surface area contributed by atoms with Crippen molar-refractivity contribution in [3.63, 3.8) is 0 Å². The summed E-state index contributed by atoms with van der Waals surface area (Å²) in [6.45, 7) is 0.0521. The zero-order valence-corrected chi connectivity index (χ0v) is 11.3. The normalized spacial score (nSPS) is 9.90. The fourth-order valence-electron chi connectivity index (χ4n) is 1.71. The van der Waals surface area contributed by atoms with Crippen molar-refractivity contribution in [2.45, 2.75) is 6.61 Å². The Morgan fingerprint density at radius 3 is 2.29 bits per heavy atom. The molecule has 5 heteroatoms. The van der Waals surface area contributed by atoms with Gasteiger partial charge >= 0.3 is 11.9 Å². The first-order chi connectivity index (χ1) is 10.1. The molecular weight excluding hydrogens is 270 g/mol. The van der Waals surface area contributed by atoms with Gasteiger partial charge in [-0.05, 0) is 29.8 Å². The molecule has 0 aromatic heterocycles.